The summed E-state index contributed by atoms with van der Waals surface area (Å²) in [6.45, 7) is 1.12. The maximum Gasteiger partial charge on any atom is 0.243 e. The zero-order valence-corrected chi connectivity index (χ0v) is 6.00. The molecule has 0 aliphatic heterocycles. The SMILES string of the molecule is [CH2]OCCNc1n[nH]c(N)n1. The van der Waals surface area contributed by atoms with Gasteiger partial charge in [-0.2, -0.15) is 4.98 Å². The minimum absolute atomic E-state index is 0.294. The van der Waals surface area contributed by atoms with Crippen LogP contribution in [0.2, 0.25) is 0 Å². The van der Waals surface area contributed by atoms with E-state index in [9.17, 15) is 0 Å². The van der Waals surface area contributed by atoms with E-state index >= 15 is 0 Å². The van der Waals surface area contributed by atoms with Gasteiger partial charge in [0.15, 0.2) is 0 Å². The lowest BCUT2D eigenvalue weighted by Gasteiger charge is -1.97. The molecule has 0 fully saturated rings. The average molecular weight is 156 g/mol. The lowest BCUT2D eigenvalue weighted by molar-refractivity contribution is 0.255. The van der Waals surface area contributed by atoms with Crippen LogP contribution in [0.5, 0.6) is 0 Å². The second kappa shape index (κ2) is 3.77. The van der Waals surface area contributed by atoms with Crippen molar-refractivity contribution in [3.63, 3.8) is 0 Å². The topological polar surface area (TPSA) is 88.8 Å². The number of nitrogens with one attached hydrogen (secondary N) is 2. The van der Waals surface area contributed by atoms with Crippen molar-refractivity contribution in [1.29, 1.82) is 0 Å². The van der Waals surface area contributed by atoms with Crippen LogP contribution in [0.15, 0.2) is 0 Å². The molecule has 0 bridgehead atoms. The Morgan fingerprint density at radius 1 is 1.73 bits per heavy atom. The molecule has 1 aromatic heterocycles. The maximum atomic E-state index is 5.27. The summed E-state index contributed by atoms with van der Waals surface area (Å²) in [5.74, 6) is 0.766. The molecule has 0 aromatic carbocycles. The molecule has 0 unspecified atom stereocenters. The number of aromatic nitrogens is 3. The number of aromatic amines is 1. The number of H-pyrrole nitrogens is 1. The summed E-state index contributed by atoms with van der Waals surface area (Å²) in [6.07, 6.45) is 0. The van der Waals surface area contributed by atoms with Crippen molar-refractivity contribution >= 4 is 11.9 Å². The number of hydrogen-bond donors (Lipinski definition) is 3. The normalized spacial score (nSPS) is 9.91. The van der Waals surface area contributed by atoms with Gasteiger partial charge in [-0.3, -0.25) is 0 Å². The second-order valence-corrected chi connectivity index (χ2v) is 1.88. The zero-order chi connectivity index (χ0) is 8.10. The van der Waals surface area contributed by atoms with Crippen molar-refractivity contribution in [3.8, 4) is 0 Å². The number of rotatable bonds is 4. The largest absolute Gasteiger partial charge is 0.377 e. The minimum Gasteiger partial charge on any atom is -0.377 e. The minimum atomic E-state index is 0.294. The highest BCUT2D eigenvalue weighted by Crippen LogP contribution is 1.96. The third kappa shape index (κ3) is 2.42. The predicted molar refractivity (Wildman–Crippen MR) is 40.6 cm³/mol. The number of nitrogen functional groups attached to an aromatic ring is 1. The van der Waals surface area contributed by atoms with Gasteiger partial charge >= 0.3 is 0 Å². The van der Waals surface area contributed by atoms with Crippen molar-refractivity contribution < 1.29 is 4.74 Å². The Bertz CT molecular complexity index is 210. The van der Waals surface area contributed by atoms with Crippen LogP contribution in [0.3, 0.4) is 0 Å². The molecule has 6 nitrogen and oxygen atoms in total. The summed E-state index contributed by atoms with van der Waals surface area (Å²) in [5.41, 5.74) is 5.27. The first-order valence-electron chi connectivity index (χ1n) is 3.11. The van der Waals surface area contributed by atoms with Gasteiger partial charge in [0, 0.05) is 6.54 Å². The molecular weight excluding hydrogens is 146 g/mol. The van der Waals surface area contributed by atoms with Gasteiger partial charge in [-0.1, -0.05) is 0 Å². The van der Waals surface area contributed by atoms with Crippen LogP contribution in [-0.2, 0) is 4.74 Å². The van der Waals surface area contributed by atoms with Crippen molar-refractivity contribution in [3.05, 3.63) is 7.11 Å². The molecule has 0 saturated heterocycles. The Kier molecular flexibility index (Phi) is 2.67. The van der Waals surface area contributed by atoms with E-state index in [0.717, 1.165) is 0 Å². The van der Waals surface area contributed by atoms with Gasteiger partial charge in [-0.15, -0.1) is 5.10 Å². The monoisotopic (exact) mass is 156 g/mol. The fraction of sp³-hybridized carbons (Fsp3) is 0.400. The first-order chi connectivity index (χ1) is 5.33. The first-order valence-corrected chi connectivity index (χ1v) is 3.11. The van der Waals surface area contributed by atoms with E-state index in [1.54, 1.807) is 0 Å². The Morgan fingerprint density at radius 3 is 3.09 bits per heavy atom. The number of nitrogens with zero attached hydrogens (tertiary/aromatic N) is 2. The molecule has 0 aliphatic carbocycles. The van der Waals surface area contributed by atoms with Crippen LogP contribution in [0, 0.1) is 7.11 Å². The molecule has 4 N–H and O–H groups in total. The zero-order valence-electron chi connectivity index (χ0n) is 6.00. The Morgan fingerprint density at radius 2 is 2.55 bits per heavy atom. The average Bonchev–Trinajstić information content (AvgIpc) is 2.37. The van der Waals surface area contributed by atoms with Crippen LogP contribution < -0.4 is 11.1 Å². The molecule has 11 heavy (non-hydrogen) atoms. The summed E-state index contributed by atoms with van der Waals surface area (Å²) in [7, 11) is 3.21. The molecule has 0 saturated carbocycles. The molecule has 61 valence electrons. The fourth-order valence-corrected chi connectivity index (χ4v) is 0.588. The van der Waals surface area contributed by atoms with Gasteiger partial charge in [0.25, 0.3) is 0 Å². The molecule has 0 amide bonds. The Balaban J connectivity index is 2.27. The molecule has 0 atom stereocenters. The molecule has 1 aromatic rings. The first kappa shape index (κ1) is 7.80. The van der Waals surface area contributed by atoms with Gasteiger partial charge < -0.3 is 15.8 Å². The van der Waals surface area contributed by atoms with E-state index in [4.69, 9.17) is 5.73 Å². The lowest BCUT2D eigenvalue weighted by atomic mass is 10.7. The standard InChI is InChI=1S/C5H10N5O/c1-11-3-2-7-5-8-4(6)9-10-5/h1-3H2,(H4,6,7,8,9,10). The van der Waals surface area contributed by atoms with Crippen molar-refractivity contribution in [1.82, 2.24) is 15.2 Å². The van der Waals surface area contributed by atoms with Crippen LogP contribution >= 0.6 is 0 Å². The third-order valence-electron chi connectivity index (χ3n) is 1.03. The maximum absolute atomic E-state index is 5.27. The van der Waals surface area contributed by atoms with Gasteiger partial charge in [0.2, 0.25) is 11.9 Å². The quantitative estimate of drug-likeness (QED) is 0.516. The molecule has 6 heteroatoms. The van der Waals surface area contributed by atoms with E-state index in [0.29, 0.717) is 25.0 Å². The highest BCUT2D eigenvalue weighted by atomic mass is 16.5. The van der Waals surface area contributed by atoms with Crippen LogP contribution in [-0.4, -0.2) is 28.3 Å². The van der Waals surface area contributed by atoms with Crippen LogP contribution in [0.25, 0.3) is 0 Å². The van der Waals surface area contributed by atoms with E-state index in [-0.39, 0.29) is 0 Å². The van der Waals surface area contributed by atoms with Crippen LogP contribution in [0.1, 0.15) is 0 Å². The summed E-state index contributed by atoms with van der Waals surface area (Å²) < 4.78 is 4.56. The molecule has 0 spiro atoms. The lowest BCUT2D eigenvalue weighted by Crippen LogP contribution is -2.08. The summed E-state index contributed by atoms with van der Waals surface area (Å²) >= 11 is 0. The summed E-state index contributed by atoms with van der Waals surface area (Å²) in [6, 6.07) is 0. The Labute approximate surface area is 64.1 Å². The van der Waals surface area contributed by atoms with Gasteiger partial charge in [-0.25, -0.2) is 5.10 Å². The number of hydrogen-bond acceptors (Lipinski definition) is 5. The van der Waals surface area contributed by atoms with Crippen molar-refractivity contribution in [2.45, 2.75) is 0 Å². The van der Waals surface area contributed by atoms with E-state index in [1.165, 1.54) is 0 Å². The van der Waals surface area contributed by atoms with Gasteiger partial charge in [-0.05, 0) is 0 Å². The molecular formula is C5H10N5O. The summed E-state index contributed by atoms with van der Waals surface area (Å²) in [5, 5.41) is 9.10. The van der Waals surface area contributed by atoms with E-state index in [2.05, 4.69) is 32.3 Å². The number of nitrogens with two attached hydrogens (primary N) is 1. The molecule has 1 heterocycles. The van der Waals surface area contributed by atoms with Crippen molar-refractivity contribution in [2.75, 3.05) is 24.2 Å². The molecule has 0 aliphatic rings. The number of ether oxygens (including phenoxy) is 1. The smallest absolute Gasteiger partial charge is 0.243 e. The van der Waals surface area contributed by atoms with Crippen molar-refractivity contribution in [2.24, 2.45) is 0 Å². The summed E-state index contributed by atoms with van der Waals surface area (Å²) in [4.78, 5) is 3.81. The fourth-order valence-electron chi connectivity index (χ4n) is 0.588. The van der Waals surface area contributed by atoms with E-state index < -0.39 is 0 Å². The third-order valence-corrected chi connectivity index (χ3v) is 1.03. The second-order valence-electron chi connectivity index (χ2n) is 1.88. The Hall–Kier alpha value is -1.30. The molecule has 1 rings (SSSR count). The number of anilines is 2. The highest BCUT2D eigenvalue weighted by molar-refractivity contribution is 5.29. The van der Waals surface area contributed by atoms with E-state index in [1.807, 2.05) is 0 Å². The highest BCUT2D eigenvalue weighted by Gasteiger charge is 1.96. The van der Waals surface area contributed by atoms with Gasteiger partial charge in [0.05, 0.1) is 13.7 Å². The predicted octanol–water partition coefficient (Wildman–Crippen LogP) is -0.393. The molecule has 1 radical (unpaired) electrons. The van der Waals surface area contributed by atoms with Crippen LogP contribution in [0.4, 0.5) is 11.9 Å². The van der Waals surface area contributed by atoms with Gasteiger partial charge in [0.1, 0.15) is 0 Å².